The van der Waals surface area contributed by atoms with E-state index in [0.29, 0.717) is 29.4 Å². The van der Waals surface area contributed by atoms with Crippen LogP contribution in [0.15, 0.2) is 42.0 Å². The Balaban J connectivity index is 1.73. The van der Waals surface area contributed by atoms with Crippen LogP contribution in [0.2, 0.25) is 0 Å². The summed E-state index contributed by atoms with van der Waals surface area (Å²) >= 11 is 0. The summed E-state index contributed by atoms with van der Waals surface area (Å²) in [7, 11) is 0. The molecule has 3 rings (SSSR count). The lowest BCUT2D eigenvalue weighted by molar-refractivity contribution is 0.0969. The Hall–Kier alpha value is -2.82. The minimum Gasteiger partial charge on any atom is -0.395 e. The van der Waals surface area contributed by atoms with Gasteiger partial charge >= 0.3 is 0 Å². The van der Waals surface area contributed by atoms with Gasteiger partial charge in [-0.25, -0.2) is 4.99 Å². The van der Waals surface area contributed by atoms with E-state index in [2.05, 4.69) is 33.6 Å². The Morgan fingerprint density at radius 3 is 2.81 bits per heavy atom. The van der Waals surface area contributed by atoms with E-state index in [-0.39, 0.29) is 5.78 Å². The number of nitrogens with two attached hydrogens (primary N) is 1. The predicted octanol–water partition coefficient (Wildman–Crippen LogP) is 4.84. The molecular formula is C22H28N4O. The second-order valence-corrected chi connectivity index (χ2v) is 7.51. The first kappa shape index (κ1) is 19.0. The number of nitrogens with zero attached hydrogens (tertiary/aromatic N) is 2. The van der Waals surface area contributed by atoms with Gasteiger partial charge < -0.3 is 15.6 Å². The third-order valence-electron chi connectivity index (χ3n) is 4.83. The van der Waals surface area contributed by atoms with Gasteiger partial charge in [0, 0.05) is 37.6 Å². The molecule has 0 saturated carbocycles. The van der Waals surface area contributed by atoms with Gasteiger partial charge in [-0.2, -0.15) is 0 Å². The number of carbonyl (C=O) groups is 1. The summed E-state index contributed by atoms with van der Waals surface area (Å²) in [5.74, 6) is 0.831. The van der Waals surface area contributed by atoms with Crippen molar-refractivity contribution >= 4 is 34.8 Å². The quantitative estimate of drug-likeness (QED) is 0.545. The molecule has 142 valence electrons. The van der Waals surface area contributed by atoms with E-state index in [9.17, 15) is 4.79 Å². The van der Waals surface area contributed by atoms with E-state index < -0.39 is 0 Å². The highest BCUT2D eigenvalue weighted by molar-refractivity contribution is 6.10. The third-order valence-corrected chi connectivity index (χ3v) is 4.83. The Morgan fingerprint density at radius 2 is 2.11 bits per heavy atom. The van der Waals surface area contributed by atoms with Crippen molar-refractivity contribution in [3.05, 3.63) is 48.2 Å². The van der Waals surface area contributed by atoms with Crippen molar-refractivity contribution in [3.8, 4) is 0 Å². The van der Waals surface area contributed by atoms with Crippen LogP contribution in [0.25, 0.3) is 5.57 Å². The number of anilines is 2. The van der Waals surface area contributed by atoms with E-state index in [1.165, 1.54) is 18.5 Å². The van der Waals surface area contributed by atoms with Crippen LogP contribution < -0.4 is 10.6 Å². The van der Waals surface area contributed by atoms with Crippen molar-refractivity contribution in [2.75, 3.05) is 23.7 Å². The number of nitrogen functional groups attached to an aromatic ring is 1. The summed E-state index contributed by atoms with van der Waals surface area (Å²) in [5, 5.41) is 0. The number of rotatable bonds is 7. The minimum absolute atomic E-state index is 0.0392. The molecule has 0 spiro atoms. The molecule has 1 aliphatic rings. The number of hydrogen-bond acceptors (Lipinski definition) is 4. The predicted molar refractivity (Wildman–Crippen MR) is 114 cm³/mol. The average molecular weight is 364 g/mol. The first-order valence-electron chi connectivity index (χ1n) is 9.54. The van der Waals surface area contributed by atoms with Gasteiger partial charge in [-0.05, 0) is 42.0 Å². The molecule has 0 unspecified atom stereocenters. The molecule has 5 nitrogen and oxygen atoms in total. The summed E-state index contributed by atoms with van der Waals surface area (Å²) in [4.78, 5) is 22.0. The number of aromatic amines is 1. The first-order chi connectivity index (χ1) is 13.0. The van der Waals surface area contributed by atoms with Crippen LogP contribution in [-0.4, -0.2) is 30.1 Å². The number of benzene rings is 1. The molecule has 1 saturated heterocycles. The smallest absolute Gasteiger partial charge is 0.166 e. The second kappa shape index (κ2) is 8.25. The fourth-order valence-electron chi connectivity index (χ4n) is 3.34. The van der Waals surface area contributed by atoms with E-state index in [0.717, 1.165) is 24.2 Å². The topological polar surface area (TPSA) is 74.5 Å². The zero-order valence-electron chi connectivity index (χ0n) is 16.2. The number of Topliss-reactive ketones (excluding diaryl/α,β-unsaturated/α-hetero) is 1. The Kier molecular flexibility index (Phi) is 5.79. The maximum atomic E-state index is 12.2. The lowest BCUT2D eigenvalue weighted by Crippen LogP contribution is -2.17. The van der Waals surface area contributed by atoms with E-state index in [4.69, 9.17) is 5.73 Å². The average Bonchev–Trinajstić information content (AvgIpc) is 3.29. The molecule has 1 aromatic carbocycles. The number of nitrogens with one attached hydrogen (secondary N) is 1. The molecular weight excluding hydrogens is 336 g/mol. The second-order valence-electron chi connectivity index (χ2n) is 7.51. The zero-order chi connectivity index (χ0) is 19.4. The van der Waals surface area contributed by atoms with Crippen molar-refractivity contribution in [3.63, 3.8) is 0 Å². The Labute approximate surface area is 161 Å². The molecule has 0 aliphatic carbocycles. The molecule has 0 amide bonds. The lowest BCUT2D eigenvalue weighted by Gasteiger charge is -2.18. The normalized spacial score (nSPS) is 14.4. The largest absolute Gasteiger partial charge is 0.395 e. The molecule has 0 bridgehead atoms. The van der Waals surface area contributed by atoms with E-state index >= 15 is 0 Å². The molecule has 1 aliphatic heterocycles. The van der Waals surface area contributed by atoms with Crippen LogP contribution >= 0.6 is 0 Å². The molecule has 0 atom stereocenters. The summed E-state index contributed by atoms with van der Waals surface area (Å²) in [6.45, 7) is 10.4. The fourth-order valence-corrected chi connectivity index (χ4v) is 3.34. The van der Waals surface area contributed by atoms with Crippen LogP contribution in [0, 0.1) is 5.92 Å². The van der Waals surface area contributed by atoms with Gasteiger partial charge in [0.05, 0.1) is 11.3 Å². The highest BCUT2D eigenvalue weighted by Crippen LogP contribution is 2.28. The van der Waals surface area contributed by atoms with Crippen molar-refractivity contribution < 1.29 is 4.79 Å². The number of carbonyl (C=O) groups excluding carboxylic acids is 1. The van der Waals surface area contributed by atoms with Crippen LogP contribution in [0.3, 0.4) is 0 Å². The molecule has 1 fully saturated rings. The number of aliphatic imine (C=N–C) groups is 1. The number of hydrogen-bond donors (Lipinski definition) is 2. The summed E-state index contributed by atoms with van der Waals surface area (Å²) < 4.78 is 0. The Morgan fingerprint density at radius 1 is 1.37 bits per heavy atom. The van der Waals surface area contributed by atoms with Gasteiger partial charge in [-0.1, -0.05) is 32.6 Å². The Bertz CT molecular complexity index is 857. The third kappa shape index (κ3) is 4.48. The van der Waals surface area contributed by atoms with Crippen molar-refractivity contribution in [2.24, 2.45) is 10.9 Å². The molecule has 5 heteroatoms. The highest BCUT2D eigenvalue weighted by atomic mass is 16.1. The first-order valence-corrected chi connectivity index (χ1v) is 9.54. The number of aromatic nitrogens is 1. The number of ketones is 1. The van der Waals surface area contributed by atoms with Crippen LogP contribution in [-0.2, 0) is 0 Å². The van der Waals surface area contributed by atoms with Gasteiger partial charge in [-0.15, -0.1) is 0 Å². The molecule has 0 radical (unpaired) electrons. The number of allylic oxidation sites excluding steroid dienone is 1. The van der Waals surface area contributed by atoms with Crippen LogP contribution in [0.1, 0.15) is 49.0 Å². The summed E-state index contributed by atoms with van der Waals surface area (Å²) in [5.41, 5.74) is 10.1. The van der Waals surface area contributed by atoms with E-state index in [1.54, 1.807) is 12.4 Å². The fraction of sp³-hybridized carbons (Fsp3) is 0.364. The summed E-state index contributed by atoms with van der Waals surface area (Å²) in [6.07, 6.45) is 6.31. The van der Waals surface area contributed by atoms with Crippen LogP contribution in [0.5, 0.6) is 0 Å². The lowest BCUT2D eigenvalue weighted by atomic mass is 10.0. The monoisotopic (exact) mass is 364 g/mol. The molecule has 2 aromatic rings. The van der Waals surface area contributed by atoms with Gasteiger partial charge in [0.1, 0.15) is 0 Å². The summed E-state index contributed by atoms with van der Waals surface area (Å²) in [6, 6.07) is 8.36. The zero-order valence-corrected chi connectivity index (χ0v) is 16.2. The maximum absolute atomic E-state index is 12.2. The highest BCUT2D eigenvalue weighted by Gasteiger charge is 2.16. The maximum Gasteiger partial charge on any atom is 0.166 e. The molecule has 27 heavy (non-hydrogen) atoms. The van der Waals surface area contributed by atoms with Gasteiger partial charge in [0.2, 0.25) is 0 Å². The van der Waals surface area contributed by atoms with Gasteiger partial charge in [0.15, 0.2) is 11.6 Å². The van der Waals surface area contributed by atoms with Crippen molar-refractivity contribution in [1.82, 2.24) is 4.98 Å². The van der Waals surface area contributed by atoms with Gasteiger partial charge in [-0.3, -0.25) is 4.79 Å². The van der Waals surface area contributed by atoms with E-state index in [1.807, 2.05) is 26.0 Å². The SMILES string of the molecule is C=C(/C=N\c1[nH]cc(C(=O)CC(C)C)c1N)c1cccc(N2CCCC2)c1. The molecule has 1 aromatic heterocycles. The molecule has 3 N–H and O–H groups in total. The van der Waals surface area contributed by atoms with Gasteiger partial charge in [0.25, 0.3) is 0 Å². The number of H-pyrrole nitrogens is 1. The standard InChI is InChI=1S/C22H28N4O/c1-15(2)11-20(27)19-14-25-22(21(19)23)24-13-16(3)17-7-6-8-18(12-17)26-9-4-5-10-26/h6-8,12-15,25H,3-5,9-11,23H2,1-2H3/b24-13-. The minimum atomic E-state index is 0.0392. The van der Waals surface area contributed by atoms with Crippen molar-refractivity contribution in [2.45, 2.75) is 33.1 Å². The van der Waals surface area contributed by atoms with Crippen molar-refractivity contribution in [1.29, 1.82) is 0 Å². The van der Waals surface area contributed by atoms with Crippen LogP contribution in [0.4, 0.5) is 17.2 Å². The molecule has 2 heterocycles.